The Morgan fingerprint density at radius 3 is 2.50 bits per heavy atom. The summed E-state index contributed by atoms with van der Waals surface area (Å²) >= 11 is 2.93. The molecule has 0 radical (unpaired) electrons. The third-order valence-electron chi connectivity index (χ3n) is 1.31. The quantitative estimate of drug-likeness (QED) is 0.825. The van der Waals surface area contributed by atoms with Crippen LogP contribution in [0.3, 0.4) is 0 Å². The molecule has 0 unspecified atom stereocenters. The molecule has 0 aliphatic rings. The van der Waals surface area contributed by atoms with Gasteiger partial charge in [0.1, 0.15) is 5.75 Å². The van der Waals surface area contributed by atoms with E-state index in [9.17, 15) is 18.7 Å². The molecule has 1 rings (SSSR count). The number of hydrogen-bond donors (Lipinski definition) is 0. The lowest BCUT2D eigenvalue weighted by Crippen LogP contribution is -2.45. The Kier molecular flexibility index (Phi) is 3.05. The Labute approximate surface area is 86.4 Å². The van der Waals surface area contributed by atoms with Crippen LogP contribution >= 0.6 is 15.9 Å². The molecule has 0 aliphatic carbocycles. The van der Waals surface area contributed by atoms with E-state index in [1.54, 1.807) is 6.07 Å². The van der Waals surface area contributed by atoms with Crippen LogP contribution in [0.25, 0.3) is 0 Å². The zero-order valence-electron chi connectivity index (χ0n) is 6.67. The number of para-hydroxylation sites is 1. The lowest BCUT2D eigenvalue weighted by Gasteiger charge is -2.18. The fraction of sp³-hybridized carbons (Fsp3) is 0.125. The molecule has 0 amide bonds. The van der Waals surface area contributed by atoms with Gasteiger partial charge in [0.15, 0.2) is 5.97 Å². The van der Waals surface area contributed by atoms with Crippen molar-refractivity contribution in [3.63, 3.8) is 0 Å². The van der Waals surface area contributed by atoms with Crippen molar-refractivity contribution < 1.29 is 23.4 Å². The highest BCUT2D eigenvalue weighted by Gasteiger charge is 2.34. The van der Waals surface area contributed by atoms with Gasteiger partial charge in [0.25, 0.3) is 0 Å². The zero-order valence-corrected chi connectivity index (χ0v) is 8.25. The van der Waals surface area contributed by atoms with Crippen molar-refractivity contribution in [2.24, 2.45) is 0 Å². The maximum atomic E-state index is 12.5. The van der Waals surface area contributed by atoms with Gasteiger partial charge in [-0.25, -0.2) is 0 Å². The minimum atomic E-state index is -4.33. The van der Waals surface area contributed by atoms with Crippen LogP contribution in [0.15, 0.2) is 28.7 Å². The van der Waals surface area contributed by atoms with E-state index in [-0.39, 0.29) is 10.2 Å². The molecular weight excluding hydrogens is 262 g/mol. The maximum absolute atomic E-state index is 12.5. The van der Waals surface area contributed by atoms with Gasteiger partial charge in [-0.2, -0.15) is 8.78 Å². The number of rotatable bonds is 3. The summed E-state index contributed by atoms with van der Waals surface area (Å²) in [5.74, 6) is -2.84. The average Bonchev–Trinajstić information content (AvgIpc) is 2.08. The van der Waals surface area contributed by atoms with Crippen molar-refractivity contribution in [3.8, 4) is 5.75 Å². The number of aliphatic carboxylic acids is 1. The van der Waals surface area contributed by atoms with Crippen molar-refractivity contribution >= 4 is 21.9 Å². The molecule has 0 spiro atoms. The molecule has 14 heavy (non-hydrogen) atoms. The van der Waals surface area contributed by atoms with Crippen molar-refractivity contribution in [1.82, 2.24) is 0 Å². The van der Waals surface area contributed by atoms with Crippen LogP contribution in [0.1, 0.15) is 0 Å². The molecule has 0 saturated heterocycles. The number of carbonyl (C=O) groups is 1. The molecule has 1 aromatic rings. The smallest absolute Gasteiger partial charge is 0.441 e. The lowest BCUT2D eigenvalue weighted by atomic mass is 10.3. The first-order valence-electron chi connectivity index (χ1n) is 3.46. The second kappa shape index (κ2) is 3.91. The topological polar surface area (TPSA) is 49.4 Å². The molecule has 0 bridgehead atoms. The summed E-state index contributed by atoms with van der Waals surface area (Å²) in [6.07, 6.45) is -4.33. The van der Waals surface area contributed by atoms with Gasteiger partial charge in [0.05, 0.1) is 4.47 Å². The van der Waals surface area contributed by atoms with Crippen LogP contribution in [0.2, 0.25) is 0 Å². The number of hydrogen-bond acceptors (Lipinski definition) is 3. The van der Waals surface area contributed by atoms with Crippen molar-refractivity contribution in [1.29, 1.82) is 0 Å². The number of halogens is 3. The molecule has 1 aromatic carbocycles. The number of benzene rings is 1. The van der Waals surface area contributed by atoms with E-state index in [4.69, 9.17) is 0 Å². The summed E-state index contributed by atoms with van der Waals surface area (Å²) in [6, 6.07) is 5.67. The summed E-state index contributed by atoms with van der Waals surface area (Å²) in [6.45, 7) is 0. The van der Waals surface area contributed by atoms with Gasteiger partial charge in [-0.3, -0.25) is 0 Å². The summed E-state index contributed by atoms with van der Waals surface area (Å²) in [4.78, 5) is 9.94. The van der Waals surface area contributed by atoms with E-state index in [2.05, 4.69) is 20.7 Å². The third kappa shape index (κ3) is 2.41. The molecule has 0 fully saturated rings. The molecule has 3 nitrogen and oxygen atoms in total. The van der Waals surface area contributed by atoms with Crippen molar-refractivity contribution in [2.75, 3.05) is 0 Å². The predicted molar refractivity (Wildman–Crippen MR) is 44.7 cm³/mol. The van der Waals surface area contributed by atoms with E-state index in [1.165, 1.54) is 18.2 Å². The Morgan fingerprint density at radius 1 is 1.43 bits per heavy atom. The second-order valence-corrected chi connectivity index (χ2v) is 3.19. The van der Waals surface area contributed by atoms with E-state index >= 15 is 0 Å². The van der Waals surface area contributed by atoms with Gasteiger partial charge < -0.3 is 14.6 Å². The molecule has 0 saturated carbocycles. The maximum Gasteiger partial charge on any atom is 0.441 e. The first-order valence-corrected chi connectivity index (χ1v) is 4.25. The lowest BCUT2D eigenvalue weighted by molar-refractivity contribution is -0.350. The molecule has 76 valence electrons. The zero-order chi connectivity index (χ0) is 10.8. The highest BCUT2D eigenvalue weighted by molar-refractivity contribution is 9.10. The monoisotopic (exact) mass is 265 g/mol. The van der Waals surface area contributed by atoms with Gasteiger partial charge >= 0.3 is 6.11 Å². The Hall–Kier alpha value is -1.17. The number of carboxylic acid groups (broad SMARTS) is 1. The predicted octanol–water partition coefficient (Wildman–Crippen LogP) is 1.17. The number of carboxylic acids is 1. The highest BCUT2D eigenvalue weighted by Crippen LogP contribution is 2.28. The Balaban J connectivity index is 2.89. The first-order chi connectivity index (χ1) is 6.43. The van der Waals surface area contributed by atoms with Crippen LogP contribution in [-0.4, -0.2) is 12.1 Å². The summed E-state index contributed by atoms with van der Waals surface area (Å²) in [5.41, 5.74) is 0. The molecule has 0 heterocycles. The molecule has 6 heteroatoms. The average molecular weight is 266 g/mol. The summed E-state index contributed by atoms with van der Waals surface area (Å²) in [7, 11) is 0. The van der Waals surface area contributed by atoms with Gasteiger partial charge in [-0.15, -0.1) is 0 Å². The van der Waals surface area contributed by atoms with Crippen LogP contribution in [0.4, 0.5) is 8.78 Å². The normalized spacial score (nSPS) is 11.1. The molecule has 0 N–H and O–H groups in total. The van der Waals surface area contributed by atoms with Gasteiger partial charge in [-0.05, 0) is 28.1 Å². The SMILES string of the molecule is O=C([O-])C(F)(F)Oc1ccccc1Br. The van der Waals surface area contributed by atoms with Crippen molar-refractivity contribution in [2.45, 2.75) is 6.11 Å². The minimum absolute atomic E-state index is 0.237. The van der Waals surface area contributed by atoms with E-state index in [0.717, 1.165) is 0 Å². The highest BCUT2D eigenvalue weighted by atomic mass is 79.9. The standard InChI is InChI=1S/C8H5BrF2O3/c9-5-3-1-2-4-6(5)14-8(10,11)7(12)13/h1-4H,(H,12,13)/p-1. The van der Waals surface area contributed by atoms with Gasteiger partial charge in [0.2, 0.25) is 0 Å². The van der Waals surface area contributed by atoms with E-state index in [0.29, 0.717) is 0 Å². The minimum Gasteiger partial charge on any atom is -0.541 e. The Morgan fingerprint density at radius 2 is 2.00 bits per heavy atom. The van der Waals surface area contributed by atoms with Crippen LogP contribution in [0, 0.1) is 0 Å². The fourth-order valence-electron chi connectivity index (χ4n) is 0.707. The first kappa shape index (κ1) is 10.9. The van der Waals surface area contributed by atoms with Crippen molar-refractivity contribution in [3.05, 3.63) is 28.7 Å². The second-order valence-electron chi connectivity index (χ2n) is 2.34. The van der Waals surface area contributed by atoms with E-state index < -0.39 is 12.1 Å². The molecular formula is C8H4BrF2O3-. The van der Waals surface area contributed by atoms with Crippen LogP contribution in [-0.2, 0) is 4.79 Å². The van der Waals surface area contributed by atoms with Crippen LogP contribution in [0.5, 0.6) is 5.75 Å². The summed E-state index contributed by atoms with van der Waals surface area (Å²) in [5, 5.41) is 9.94. The number of carbonyl (C=O) groups excluding carboxylic acids is 1. The number of alkyl halides is 2. The van der Waals surface area contributed by atoms with Gasteiger partial charge in [0, 0.05) is 0 Å². The molecule has 0 aliphatic heterocycles. The largest absolute Gasteiger partial charge is 0.541 e. The van der Waals surface area contributed by atoms with E-state index in [1.807, 2.05) is 0 Å². The van der Waals surface area contributed by atoms with Gasteiger partial charge in [-0.1, -0.05) is 12.1 Å². The van der Waals surface area contributed by atoms with Crippen LogP contribution < -0.4 is 9.84 Å². The third-order valence-corrected chi connectivity index (χ3v) is 1.97. The summed E-state index contributed by atoms with van der Waals surface area (Å²) < 4.78 is 29.2. The molecule has 0 aromatic heterocycles. The number of ether oxygens (including phenoxy) is 1. The fourth-order valence-corrected chi connectivity index (χ4v) is 1.07. The Bertz CT molecular complexity index is 354. The molecule has 0 atom stereocenters.